The van der Waals surface area contributed by atoms with Gasteiger partial charge in [-0.3, -0.25) is 9.59 Å². The SMILES string of the molecule is NCC(=O)NCC(=O)Nc1cc(C(F)(F)F)cc(C(F)(F)F)c1. The van der Waals surface area contributed by atoms with E-state index in [1.807, 2.05) is 10.6 Å². The second-order valence-corrected chi connectivity index (χ2v) is 4.32. The van der Waals surface area contributed by atoms with Crippen molar-refractivity contribution in [2.24, 2.45) is 5.73 Å². The Hall–Kier alpha value is -2.30. The molecular weight excluding hydrogens is 332 g/mol. The Labute approximate surface area is 125 Å². The number of carbonyl (C=O) groups is 2. The van der Waals surface area contributed by atoms with Gasteiger partial charge in [0.1, 0.15) is 0 Å². The van der Waals surface area contributed by atoms with E-state index in [1.165, 1.54) is 0 Å². The Bertz CT molecular complexity index is 565. The van der Waals surface area contributed by atoms with Gasteiger partial charge in [0.2, 0.25) is 11.8 Å². The quantitative estimate of drug-likeness (QED) is 0.728. The number of anilines is 1. The molecule has 0 heterocycles. The van der Waals surface area contributed by atoms with Gasteiger partial charge in [0, 0.05) is 5.69 Å². The van der Waals surface area contributed by atoms with Gasteiger partial charge in [-0.05, 0) is 18.2 Å². The van der Waals surface area contributed by atoms with Crippen LogP contribution in [0.3, 0.4) is 0 Å². The van der Waals surface area contributed by atoms with E-state index < -0.39 is 54.1 Å². The molecule has 23 heavy (non-hydrogen) atoms. The molecule has 0 saturated carbocycles. The third-order valence-electron chi connectivity index (χ3n) is 2.50. The molecule has 0 bridgehead atoms. The van der Waals surface area contributed by atoms with Gasteiger partial charge in [0.05, 0.1) is 24.2 Å². The molecule has 0 radical (unpaired) electrons. The van der Waals surface area contributed by atoms with Gasteiger partial charge >= 0.3 is 12.4 Å². The van der Waals surface area contributed by atoms with Crippen molar-refractivity contribution < 1.29 is 35.9 Å². The standard InChI is InChI=1S/C12H11F6N3O2/c13-11(14,15)6-1-7(12(16,17)18)3-8(2-6)21-10(23)5-20-9(22)4-19/h1-3H,4-5,19H2,(H,20,22)(H,21,23). The van der Waals surface area contributed by atoms with Crippen LogP contribution in [0.5, 0.6) is 0 Å². The van der Waals surface area contributed by atoms with Crippen molar-refractivity contribution in [3.8, 4) is 0 Å². The monoisotopic (exact) mass is 343 g/mol. The molecule has 0 aliphatic carbocycles. The Morgan fingerprint density at radius 3 is 1.78 bits per heavy atom. The predicted molar refractivity (Wildman–Crippen MR) is 67.1 cm³/mol. The van der Waals surface area contributed by atoms with Gasteiger partial charge < -0.3 is 16.4 Å². The number of carbonyl (C=O) groups excluding carboxylic acids is 2. The molecule has 5 nitrogen and oxygen atoms in total. The first-order valence-electron chi connectivity index (χ1n) is 5.99. The van der Waals surface area contributed by atoms with E-state index in [0.717, 1.165) is 0 Å². The summed E-state index contributed by atoms with van der Waals surface area (Å²) in [6.07, 6.45) is -10.0. The van der Waals surface area contributed by atoms with E-state index in [4.69, 9.17) is 5.73 Å². The Kier molecular flexibility index (Phi) is 5.59. The van der Waals surface area contributed by atoms with Crippen molar-refractivity contribution >= 4 is 17.5 Å². The van der Waals surface area contributed by atoms with Gasteiger partial charge in [0.25, 0.3) is 0 Å². The van der Waals surface area contributed by atoms with Crippen molar-refractivity contribution in [1.82, 2.24) is 5.32 Å². The van der Waals surface area contributed by atoms with Crippen LogP contribution in [-0.4, -0.2) is 24.9 Å². The Morgan fingerprint density at radius 2 is 1.39 bits per heavy atom. The van der Waals surface area contributed by atoms with Crippen LogP contribution >= 0.6 is 0 Å². The van der Waals surface area contributed by atoms with Crippen molar-refractivity contribution in [1.29, 1.82) is 0 Å². The van der Waals surface area contributed by atoms with Gasteiger partial charge in [-0.15, -0.1) is 0 Å². The van der Waals surface area contributed by atoms with Crippen molar-refractivity contribution in [3.63, 3.8) is 0 Å². The molecule has 1 rings (SSSR count). The van der Waals surface area contributed by atoms with Crippen molar-refractivity contribution in [2.75, 3.05) is 18.4 Å². The second-order valence-electron chi connectivity index (χ2n) is 4.32. The number of hydrogen-bond donors (Lipinski definition) is 3. The number of nitrogens with two attached hydrogens (primary N) is 1. The maximum absolute atomic E-state index is 12.6. The van der Waals surface area contributed by atoms with Gasteiger partial charge in [0.15, 0.2) is 0 Å². The summed E-state index contributed by atoms with van der Waals surface area (Å²) in [4.78, 5) is 22.3. The molecule has 1 aromatic carbocycles. The molecule has 0 saturated heterocycles. The summed E-state index contributed by atoms with van der Waals surface area (Å²) in [6.45, 7) is -1.07. The van der Waals surface area contributed by atoms with E-state index in [2.05, 4.69) is 0 Å². The molecule has 0 aromatic heterocycles. The van der Waals surface area contributed by atoms with Crippen LogP contribution < -0.4 is 16.4 Å². The highest BCUT2D eigenvalue weighted by atomic mass is 19.4. The molecule has 0 fully saturated rings. The first kappa shape index (κ1) is 18.7. The highest BCUT2D eigenvalue weighted by Gasteiger charge is 2.37. The van der Waals surface area contributed by atoms with Crippen LogP contribution in [0.15, 0.2) is 18.2 Å². The summed E-state index contributed by atoms with van der Waals surface area (Å²) in [5.41, 5.74) is 1.13. The predicted octanol–water partition coefficient (Wildman–Crippen LogP) is 1.74. The molecule has 0 atom stereocenters. The maximum Gasteiger partial charge on any atom is 0.416 e. The number of hydrogen-bond acceptors (Lipinski definition) is 3. The zero-order valence-corrected chi connectivity index (χ0v) is 11.3. The number of nitrogens with one attached hydrogen (secondary N) is 2. The number of halogens is 6. The smallest absolute Gasteiger partial charge is 0.346 e. The zero-order chi connectivity index (χ0) is 17.8. The van der Waals surface area contributed by atoms with E-state index in [9.17, 15) is 35.9 Å². The Balaban J connectivity index is 3.02. The summed E-state index contributed by atoms with van der Waals surface area (Å²) in [6, 6.07) is 0.654. The summed E-state index contributed by atoms with van der Waals surface area (Å²) in [5.74, 6) is -1.71. The molecule has 0 aliphatic rings. The van der Waals surface area contributed by atoms with E-state index >= 15 is 0 Å². The molecule has 128 valence electrons. The van der Waals surface area contributed by atoms with Gasteiger partial charge in [-0.25, -0.2) is 0 Å². The lowest BCUT2D eigenvalue weighted by molar-refractivity contribution is -0.143. The summed E-state index contributed by atoms with van der Waals surface area (Å²) < 4.78 is 75.7. The fourth-order valence-electron chi connectivity index (χ4n) is 1.48. The molecule has 2 amide bonds. The number of amides is 2. The lowest BCUT2D eigenvalue weighted by Gasteiger charge is -2.14. The summed E-state index contributed by atoms with van der Waals surface area (Å²) in [5, 5.41) is 3.87. The minimum atomic E-state index is -5.02. The minimum Gasteiger partial charge on any atom is -0.346 e. The average molecular weight is 343 g/mol. The second kappa shape index (κ2) is 6.86. The van der Waals surface area contributed by atoms with Crippen LogP contribution in [0.2, 0.25) is 0 Å². The minimum absolute atomic E-state index is 0.0636. The third kappa shape index (κ3) is 5.77. The number of rotatable bonds is 4. The van der Waals surface area contributed by atoms with Crippen molar-refractivity contribution in [2.45, 2.75) is 12.4 Å². The van der Waals surface area contributed by atoms with Crippen LogP contribution in [0.1, 0.15) is 11.1 Å². The number of benzene rings is 1. The highest BCUT2D eigenvalue weighted by molar-refractivity contribution is 5.94. The van der Waals surface area contributed by atoms with Crippen LogP contribution in [0.25, 0.3) is 0 Å². The third-order valence-corrected chi connectivity index (χ3v) is 2.50. The summed E-state index contributed by atoms with van der Waals surface area (Å²) in [7, 11) is 0. The molecule has 1 aromatic rings. The molecule has 4 N–H and O–H groups in total. The fraction of sp³-hybridized carbons (Fsp3) is 0.333. The first-order valence-corrected chi connectivity index (χ1v) is 5.99. The number of alkyl halides is 6. The normalized spacial score (nSPS) is 12.0. The van der Waals surface area contributed by atoms with E-state index in [0.29, 0.717) is 12.1 Å². The lowest BCUT2D eigenvalue weighted by atomic mass is 10.1. The molecule has 0 spiro atoms. The van der Waals surface area contributed by atoms with Crippen LogP contribution in [0.4, 0.5) is 32.0 Å². The molecule has 0 unspecified atom stereocenters. The maximum atomic E-state index is 12.6. The molecule has 0 aliphatic heterocycles. The topological polar surface area (TPSA) is 84.2 Å². The largest absolute Gasteiger partial charge is 0.416 e. The van der Waals surface area contributed by atoms with Gasteiger partial charge in [-0.1, -0.05) is 0 Å². The average Bonchev–Trinajstić information content (AvgIpc) is 2.42. The summed E-state index contributed by atoms with van der Waals surface area (Å²) >= 11 is 0. The zero-order valence-electron chi connectivity index (χ0n) is 11.3. The lowest BCUT2D eigenvalue weighted by Crippen LogP contribution is -2.36. The van der Waals surface area contributed by atoms with Gasteiger partial charge in [-0.2, -0.15) is 26.3 Å². The fourth-order valence-corrected chi connectivity index (χ4v) is 1.48. The molecule has 11 heteroatoms. The van der Waals surface area contributed by atoms with Crippen LogP contribution in [0, 0.1) is 0 Å². The molecular formula is C12H11F6N3O2. The first-order chi connectivity index (χ1) is 10.4. The van der Waals surface area contributed by atoms with Crippen molar-refractivity contribution in [3.05, 3.63) is 29.3 Å². The van der Waals surface area contributed by atoms with E-state index in [1.54, 1.807) is 0 Å². The highest BCUT2D eigenvalue weighted by Crippen LogP contribution is 2.37. The van der Waals surface area contributed by atoms with E-state index in [-0.39, 0.29) is 6.07 Å². The Morgan fingerprint density at radius 1 is 0.913 bits per heavy atom. The van der Waals surface area contributed by atoms with Crippen LogP contribution in [-0.2, 0) is 21.9 Å².